The number of nitrogens with zero attached hydrogens (tertiary/aromatic N) is 2. The fraction of sp³-hybridized carbons (Fsp3) is 0.286. The quantitative estimate of drug-likeness (QED) is 0.738. The van der Waals surface area contributed by atoms with Gasteiger partial charge in [-0.25, -0.2) is 0 Å². The summed E-state index contributed by atoms with van der Waals surface area (Å²) in [6, 6.07) is 13.2. The Morgan fingerprint density at radius 1 is 1.23 bits per heavy atom. The average Bonchev–Trinajstić information content (AvgIpc) is 2.67. The number of fused-ring (bicyclic) bond motifs is 1. The molecule has 0 bridgehead atoms. The molecule has 2 aromatic heterocycles. The second-order valence-electron chi connectivity index (χ2n) is 6.25. The van der Waals surface area contributed by atoms with Crippen LogP contribution in [-0.2, 0) is 11.2 Å². The van der Waals surface area contributed by atoms with E-state index in [-0.39, 0.29) is 11.9 Å². The van der Waals surface area contributed by atoms with Gasteiger partial charge < -0.3 is 10.1 Å². The highest BCUT2D eigenvalue weighted by atomic mass is 16.5. The van der Waals surface area contributed by atoms with Crippen molar-refractivity contribution < 1.29 is 9.53 Å². The lowest BCUT2D eigenvalue weighted by Crippen LogP contribution is -2.32. The molecule has 5 heteroatoms. The van der Waals surface area contributed by atoms with Crippen LogP contribution in [0.5, 0.6) is 0 Å². The molecule has 3 rings (SSSR count). The smallest absolute Gasteiger partial charge is 0.252 e. The Bertz CT molecular complexity index is 910. The van der Waals surface area contributed by atoms with Gasteiger partial charge in [0.1, 0.15) is 0 Å². The summed E-state index contributed by atoms with van der Waals surface area (Å²) in [5.41, 5.74) is 4.21. The largest absolute Gasteiger partial charge is 0.382 e. The van der Waals surface area contributed by atoms with Crippen LogP contribution in [0.25, 0.3) is 10.9 Å². The second kappa shape index (κ2) is 8.06. The fourth-order valence-electron chi connectivity index (χ4n) is 3.00. The summed E-state index contributed by atoms with van der Waals surface area (Å²) >= 11 is 0. The number of benzene rings is 1. The third-order valence-electron chi connectivity index (χ3n) is 4.34. The minimum atomic E-state index is -0.313. The van der Waals surface area contributed by atoms with Crippen molar-refractivity contribution in [2.24, 2.45) is 0 Å². The van der Waals surface area contributed by atoms with Gasteiger partial charge in [-0.15, -0.1) is 0 Å². The summed E-state index contributed by atoms with van der Waals surface area (Å²) in [4.78, 5) is 21.9. The van der Waals surface area contributed by atoms with Gasteiger partial charge in [-0.2, -0.15) is 0 Å². The molecule has 1 N–H and O–H groups in total. The molecule has 1 atom stereocenters. The molecule has 0 aliphatic heterocycles. The first-order valence-corrected chi connectivity index (χ1v) is 8.73. The summed E-state index contributed by atoms with van der Waals surface area (Å²) in [6.07, 6.45) is 2.62. The van der Waals surface area contributed by atoms with Crippen LogP contribution in [-0.4, -0.2) is 29.6 Å². The van der Waals surface area contributed by atoms with Crippen molar-refractivity contribution in [3.05, 3.63) is 71.2 Å². The van der Waals surface area contributed by atoms with Crippen LogP contribution >= 0.6 is 0 Å². The van der Waals surface area contributed by atoms with Gasteiger partial charge in [0, 0.05) is 24.4 Å². The normalized spacial score (nSPS) is 12.1. The molecule has 134 valence electrons. The highest BCUT2D eigenvalue weighted by Gasteiger charge is 2.19. The van der Waals surface area contributed by atoms with Crippen molar-refractivity contribution in [1.82, 2.24) is 15.3 Å². The van der Waals surface area contributed by atoms with Gasteiger partial charge in [0.05, 0.1) is 29.4 Å². The maximum absolute atomic E-state index is 13.0. The molecule has 0 unspecified atom stereocenters. The molecule has 2 heterocycles. The van der Waals surface area contributed by atoms with E-state index in [1.165, 1.54) is 5.56 Å². The monoisotopic (exact) mass is 349 g/mol. The van der Waals surface area contributed by atoms with E-state index in [0.717, 1.165) is 28.7 Å². The maximum atomic E-state index is 13.0. The fourth-order valence-corrected chi connectivity index (χ4v) is 3.00. The summed E-state index contributed by atoms with van der Waals surface area (Å²) in [7, 11) is 1.61. The van der Waals surface area contributed by atoms with E-state index >= 15 is 0 Å². The number of nitrogens with one attached hydrogen (secondary N) is 1. The minimum Gasteiger partial charge on any atom is -0.382 e. The Balaban J connectivity index is 1.98. The lowest BCUT2D eigenvalue weighted by Gasteiger charge is -2.18. The van der Waals surface area contributed by atoms with E-state index in [9.17, 15) is 4.79 Å². The van der Waals surface area contributed by atoms with Crippen LogP contribution < -0.4 is 5.32 Å². The van der Waals surface area contributed by atoms with Crippen LogP contribution in [0.2, 0.25) is 0 Å². The van der Waals surface area contributed by atoms with Crippen molar-refractivity contribution in [1.29, 1.82) is 0 Å². The molecule has 0 aliphatic rings. The predicted octanol–water partition coefficient (Wildman–Crippen LogP) is 3.62. The number of pyridine rings is 2. The molecule has 0 fully saturated rings. The van der Waals surface area contributed by atoms with Gasteiger partial charge in [0.15, 0.2) is 0 Å². The number of methoxy groups -OCH3 is 1. The molecule has 0 saturated carbocycles. The van der Waals surface area contributed by atoms with E-state index in [1.54, 1.807) is 13.3 Å². The summed E-state index contributed by atoms with van der Waals surface area (Å²) in [5.74, 6) is -0.151. The molecule has 0 spiro atoms. The zero-order valence-electron chi connectivity index (χ0n) is 15.3. The van der Waals surface area contributed by atoms with Gasteiger partial charge in [0.25, 0.3) is 5.91 Å². The van der Waals surface area contributed by atoms with Gasteiger partial charge >= 0.3 is 0 Å². The van der Waals surface area contributed by atoms with Crippen molar-refractivity contribution in [3.63, 3.8) is 0 Å². The highest BCUT2D eigenvalue weighted by molar-refractivity contribution is 6.06. The van der Waals surface area contributed by atoms with Crippen LogP contribution in [0, 0.1) is 6.92 Å². The molecular formula is C21H23N3O2. The van der Waals surface area contributed by atoms with Gasteiger partial charge in [-0.3, -0.25) is 14.8 Å². The van der Waals surface area contributed by atoms with Crippen LogP contribution in [0.3, 0.4) is 0 Å². The molecule has 5 nitrogen and oxygen atoms in total. The Hall–Kier alpha value is -2.79. The number of hydrogen-bond acceptors (Lipinski definition) is 4. The number of carbonyl (C=O) groups is 1. The minimum absolute atomic E-state index is 0.151. The first-order chi connectivity index (χ1) is 12.6. The Morgan fingerprint density at radius 3 is 2.77 bits per heavy atom. The lowest BCUT2D eigenvalue weighted by molar-refractivity contribution is 0.0896. The van der Waals surface area contributed by atoms with Gasteiger partial charge in [-0.1, -0.05) is 19.1 Å². The molecule has 0 aliphatic carbocycles. The number of hydrogen-bond donors (Lipinski definition) is 1. The first-order valence-electron chi connectivity index (χ1n) is 8.73. The SMILES string of the molecule is CCc1ccc2nc(C)cc(C(=O)N[C@@H](COC)c3ccccn3)c2c1. The summed E-state index contributed by atoms with van der Waals surface area (Å²) in [5, 5.41) is 3.92. The molecular weight excluding hydrogens is 326 g/mol. The lowest BCUT2D eigenvalue weighted by atomic mass is 10.0. The first kappa shape index (κ1) is 18.0. The highest BCUT2D eigenvalue weighted by Crippen LogP contribution is 2.22. The number of aryl methyl sites for hydroxylation is 2. The van der Waals surface area contributed by atoms with Gasteiger partial charge in [0.2, 0.25) is 0 Å². The zero-order chi connectivity index (χ0) is 18.5. The average molecular weight is 349 g/mol. The van der Waals surface area contributed by atoms with Crippen LogP contribution in [0.4, 0.5) is 0 Å². The van der Waals surface area contributed by atoms with Crippen molar-refractivity contribution in [2.75, 3.05) is 13.7 Å². The zero-order valence-corrected chi connectivity index (χ0v) is 15.3. The maximum Gasteiger partial charge on any atom is 0.252 e. The van der Waals surface area contributed by atoms with Gasteiger partial charge in [-0.05, 0) is 49.2 Å². The topological polar surface area (TPSA) is 64.1 Å². The standard InChI is InChI=1S/C21H23N3O2/c1-4-15-8-9-18-16(12-15)17(11-14(2)23-18)21(25)24-20(13-26-3)19-7-5-6-10-22-19/h5-12,20H,4,13H2,1-3H3,(H,24,25)/t20-/m0/s1. The van der Waals surface area contributed by atoms with E-state index in [4.69, 9.17) is 4.74 Å². The summed E-state index contributed by atoms with van der Waals surface area (Å²) in [6.45, 7) is 4.35. The van der Waals surface area contributed by atoms with Crippen LogP contribution in [0.1, 0.15) is 40.3 Å². The summed E-state index contributed by atoms with van der Waals surface area (Å²) < 4.78 is 5.28. The van der Waals surface area contributed by atoms with E-state index in [1.807, 2.05) is 43.3 Å². The van der Waals surface area contributed by atoms with Crippen molar-refractivity contribution in [3.8, 4) is 0 Å². The molecule has 0 saturated heterocycles. The Kier molecular flexibility index (Phi) is 5.58. The molecule has 0 radical (unpaired) electrons. The van der Waals surface area contributed by atoms with E-state index < -0.39 is 0 Å². The molecule has 3 aromatic rings. The number of aromatic nitrogens is 2. The number of amides is 1. The second-order valence-corrected chi connectivity index (χ2v) is 6.25. The third kappa shape index (κ3) is 3.89. The Morgan fingerprint density at radius 2 is 2.08 bits per heavy atom. The van der Waals surface area contributed by atoms with E-state index in [2.05, 4.69) is 28.3 Å². The number of rotatable bonds is 6. The molecule has 1 aromatic carbocycles. The number of carbonyl (C=O) groups excluding carboxylic acids is 1. The number of ether oxygens (including phenoxy) is 1. The predicted molar refractivity (Wildman–Crippen MR) is 102 cm³/mol. The molecule has 1 amide bonds. The third-order valence-corrected chi connectivity index (χ3v) is 4.34. The van der Waals surface area contributed by atoms with Crippen molar-refractivity contribution >= 4 is 16.8 Å². The van der Waals surface area contributed by atoms with Crippen LogP contribution in [0.15, 0.2) is 48.7 Å². The Labute approximate surface area is 153 Å². The molecule has 26 heavy (non-hydrogen) atoms. The van der Waals surface area contributed by atoms with Crippen molar-refractivity contribution in [2.45, 2.75) is 26.3 Å². The van der Waals surface area contributed by atoms with E-state index in [0.29, 0.717) is 12.2 Å².